The van der Waals surface area contributed by atoms with Crippen LogP contribution >= 0.6 is 0 Å². The van der Waals surface area contributed by atoms with Gasteiger partial charge >= 0.3 is 0 Å². The van der Waals surface area contributed by atoms with Crippen molar-refractivity contribution in [2.75, 3.05) is 20.8 Å². The predicted molar refractivity (Wildman–Crippen MR) is 84.0 cm³/mol. The Labute approximate surface area is 127 Å². The van der Waals surface area contributed by atoms with E-state index in [1.54, 1.807) is 14.2 Å². The third-order valence-corrected chi connectivity index (χ3v) is 4.56. The minimum atomic E-state index is 0.0599. The summed E-state index contributed by atoms with van der Waals surface area (Å²) in [4.78, 5) is 0. The first-order chi connectivity index (χ1) is 10.2. The van der Waals surface area contributed by atoms with Gasteiger partial charge in [-0.3, -0.25) is 0 Å². The van der Waals surface area contributed by atoms with Crippen LogP contribution in [0.5, 0.6) is 17.2 Å². The van der Waals surface area contributed by atoms with Gasteiger partial charge in [0, 0.05) is 6.54 Å². The molecule has 21 heavy (non-hydrogen) atoms. The van der Waals surface area contributed by atoms with Crippen molar-refractivity contribution in [3.8, 4) is 17.2 Å². The minimum Gasteiger partial charge on any atom is -0.502 e. The molecule has 2 rings (SSSR count). The van der Waals surface area contributed by atoms with E-state index < -0.39 is 0 Å². The molecular formula is C17H27NO3. The number of phenols is 1. The summed E-state index contributed by atoms with van der Waals surface area (Å²) in [7, 11) is 3.10. The predicted octanol–water partition coefficient (Wildman–Crippen LogP) is 3.33. The van der Waals surface area contributed by atoms with E-state index in [0.29, 0.717) is 11.5 Å². The average molecular weight is 293 g/mol. The van der Waals surface area contributed by atoms with Crippen LogP contribution in [0.15, 0.2) is 12.1 Å². The molecule has 2 unspecified atom stereocenters. The Hall–Kier alpha value is -1.42. The van der Waals surface area contributed by atoms with Gasteiger partial charge in [0.05, 0.1) is 14.2 Å². The standard InChI is InChI=1S/C17H27NO3/c1-12-6-4-5-7-14(12)11-18-10-13-8-15(20-2)17(19)16(9-13)21-3/h8-9,12,14,18-19H,4-7,10-11H2,1-3H3. The van der Waals surface area contributed by atoms with Crippen molar-refractivity contribution in [3.63, 3.8) is 0 Å². The lowest BCUT2D eigenvalue weighted by Crippen LogP contribution is -2.29. The molecule has 1 saturated carbocycles. The molecule has 2 atom stereocenters. The zero-order chi connectivity index (χ0) is 15.2. The number of benzene rings is 1. The van der Waals surface area contributed by atoms with E-state index in [1.807, 2.05) is 12.1 Å². The molecule has 0 bridgehead atoms. The number of aromatic hydroxyl groups is 1. The SMILES string of the molecule is COc1cc(CNCC2CCCCC2C)cc(OC)c1O. The van der Waals surface area contributed by atoms with Crippen LogP contribution in [-0.2, 0) is 6.54 Å². The maximum absolute atomic E-state index is 9.91. The Bertz CT molecular complexity index is 436. The van der Waals surface area contributed by atoms with Gasteiger partial charge in [-0.2, -0.15) is 0 Å². The fourth-order valence-electron chi connectivity index (χ4n) is 3.15. The molecule has 4 nitrogen and oxygen atoms in total. The van der Waals surface area contributed by atoms with Gasteiger partial charge in [-0.25, -0.2) is 0 Å². The lowest BCUT2D eigenvalue weighted by molar-refractivity contribution is 0.247. The first kappa shape index (κ1) is 16.0. The maximum atomic E-state index is 9.91. The lowest BCUT2D eigenvalue weighted by atomic mass is 9.80. The van der Waals surface area contributed by atoms with Crippen LogP contribution in [-0.4, -0.2) is 25.9 Å². The van der Waals surface area contributed by atoms with Crippen molar-refractivity contribution in [1.82, 2.24) is 5.32 Å². The second-order valence-corrected chi connectivity index (χ2v) is 6.00. The monoisotopic (exact) mass is 293 g/mol. The van der Waals surface area contributed by atoms with Gasteiger partial charge in [-0.1, -0.05) is 26.2 Å². The van der Waals surface area contributed by atoms with E-state index >= 15 is 0 Å². The Kier molecular flexibility index (Phi) is 5.74. The van der Waals surface area contributed by atoms with Gasteiger partial charge in [-0.15, -0.1) is 0 Å². The van der Waals surface area contributed by atoms with Crippen LogP contribution in [0.2, 0.25) is 0 Å². The number of hydrogen-bond acceptors (Lipinski definition) is 4. The largest absolute Gasteiger partial charge is 0.502 e. The number of rotatable bonds is 6. The van der Waals surface area contributed by atoms with Crippen LogP contribution in [0.4, 0.5) is 0 Å². The van der Waals surface area contributed by atoms with E-state index in [-0.39, 0.29) is 5.75 Å². The first-order valence-corrected chi connectivity index (χ1v) is 7.80. The molecule has 1 aromatic carbocycles. The van der Waals surface area contributed by atoms with Crippen molar-refractivity contribution < 1.29 is 14.6 Å². The smallest absolute Gasteiger partial charge is 0.200 e. The summed E-state index contributed by atoms with van der Waals surface area (Å²) in [6, 6.07) is 3.71. The van der Waals surface area contributed by atoms with Gasteiger partial charge in [0.1, 0.15) is 0 Å². The van der Waals surface area contributed by atoms with Crippen LogP contribution in [0, 0.1) is 11.8 Å². The van der Waals surface area contributed by atoms with E-state index in [9.17, 15) is 5.11 Å². The number of methoxy groups -OCH3 is 2. The second kappa shape index (κ2) is 7.55. The van der Waals surface area contributed by atoms with Gasteiger partial charge < -0.3 is 19.9 Å². The molecule has 0 spiro atoms. The molecule has 0 radical (unpaired) electrons. The molecule has 118 valence electrons. The van der Waals surface area contributed by atoms with Gasteiger partial charge in [0.25, 0.3) is 0 Å². The molecular weight excluding hydrogens is 266 g/mol. The summed E-state index contributed by atoms with van der Waals surface area (Å²) in [5, 5.41) is 13.4. The molecule has 0 saturated heterocycles. The molecule has 0 heterocycles. The highest BCUT2D eigenvalue weighted by Gasteiger charge is 2.20. The highest BCUT2D eigenvalue weighted by atomic mass is 16.5. The quantitative estimate of drug-likeness (QED) is 0.844. The van der Waals surface area contributed by atoms with Crippen LogP contribution < -0.4 is 14.8 Å². The zero-order valence-corrected chi connectivity index (χ0v) is 13.3. The van der Waals surface area contributed by atoms with Gasteiger partial charge in [-0.05, 0) is 42.5 Å². The molecule has 1 aliphatic rings. The summed E-state index contributed by atoms with van der Waals surface area (Å²) >= 11 is 0. The number of nitrogens with one attached hydrogen (secondary N) is 1. The fourth-order valence-corrected chi connectivity index (χ4v) is 3.15. The van der Waals surface area contributed by atoms with E-state index in [2.05, 4.69) is 12.2 Å². The molecule has 1 aromatic rings. The Morgan fingerprint density at radius 3 is 2.33 bits per heavy atom. The summed E-state index contributed by atoms with van der Waals surface area (Å²) < 4.78 is 10.4. The van der Waals surface area contributed by atoms with Crippen LogP contribution in [0.1, 0.15) is 38.2 Å². The third-order valence-electron chi connectivity index (χ3n) is 4.56. The minimum absolute atomic E-state index is 0.0599. The third kappa shape index (κ3) is 4.03. The summed E-state index contributed by atoms with van der Waals surface area (Å²) in [6.45, 7) is 4.17. The Balaban J connectivity index is 1.93. The molecule has 1 aliphatic carbocycles. The number of ether oxygens (including phenoxy) is 2. The molecule has 4 heteroatoms. The van der Waals surface area contributed by atoms with Crippen molar-refractivity contribution in [3.05, 3.63) is 17.7 Å². The van der Waals surface area contributed by atoms with E-state index in [1.165, 1.54) is 25.7 Å². The zero-order valence-electron chi connectivity index (χ0n) is 13.3. The molecule has 0 aliphatic heterocycles. The molecule has 1 fully saturated rings. The summed E-state index contributed by atoms with van der Waals surface area (Å²) in [5.74, 6) is 2.56. The topological polar surface area (TPSA) is 50.7 Å². The van der Waals surface area contributed by atoms with Crippen molar-refractivity contribution >= 4 is 0 Å². The lowest BCUT2D eigenvalue weighted by Gasteiger charge is -2.29. The highest BCUT2D eigenvalue weighted by molar-refractivity contribution is 5.52. The first-order valence-electron chi connectivity index (χ1n) is 7.80. The second-order valence-electron chi connectivity index (χ2n) is 6.00. The van der Waals surface area contributed by atoms with E-state index in [0.717, 1.165) is 30.5 Å². The summed E-state index contributed by atoms with van der Waals surface area (Å²) in [5.41, 5.74) is 1.06. The Morgan fingerprint density at radius 1 is 1.14 bits per heavy atom. The normalized spacial score (nSPS) is 22.0. The molecule has 2 N–H and O–H groups in total. The van der Waals surface area contributed by atoms with Crippen molar-refractivity contribution in [2.24, 2.45) is 11.8 Å². The molecule has 0 amide bonds. The molecule has 0 aromatic heterocycles. The van der Waals surface area contributed by atoms with E-state index in [4.69, 9.17) is 9.47 Å². The van der Waals surface area contributed by atoms with Crippen LogP contribution in [0.25, 0.3) is 0 Å². The highest BCUT2D eigenvalue weighted by Crippen LogP contribution is 2.37. The van der Waals surface area contributed by atoms with Gasteiger partial charge in [0.15, 0.2) is 11.5 Å². The van der Waals surface area contributed by atoms with Crippen LogP contribution in [0.3, 0.4) is 0 Å². The van der Waals surface area contributed by atoms with Crippen molar-refractivity contribution in [2.45, 2.75) is 39.2 Å². The number of phenolic OH excluding ortho intramolecular Hbond substituents is 1. The fraction of sp³-hybridized carbons (Fsp3) is 0.647. The Morgan fingerprint density at radius 2 is 1.76 bits per heavy atom. The average Bonchev–Trinajstić information content (AvgIpc) is 2.50. The van der Waals surface area contributed by atoms with Crippen molar-refractivity contribution in [1.29, 1.82) is 0 Å². The number of hydrogen-bond donors (Lipinski definition) is 2. The maximum Gasteiger partial charge on any atom is 0.200 e. The van der Waals surface area contributed by atoms with Gasteiger partial charge in [0.2, 0.25) is 5.75 Å². The summed E-state index contributed by atoms with van der Waals surface area (Å²) in [6.07, 6.45) is 5.42.